The smallest absolute Gasteiger partial charge is 0.159 e. The average molecular weight is 255 g/mol. The van der Waals surface area contributed by atoms with Crippen LogP contribution in [0.3, 0.4) is 0 Å². The van der Waals surface area contributed by atoms with E-state index in [2.05, 4.69) is 0 Å². The lowest BCUT2D eigenvalue weighted by Crippen LogP contribution is -2.45. The lowest BCUT2D eigenvalue weighted by molar-refractivity contribution is -0.105. The van der Waals surface area contributed by atoms with Gasteiger partial charge in [0.15, 0.2) is 6.29 Å². The van der Waals surface area contributed by atoms with E-state index in [0.29, 0.717) is 5.92 Å². The molecule has 0 amide bonds. The molecule has 2 saturated heterocycles. The van der Waals surface area contributed by atoms with Gasteiger partial charge in [0.1, 0.15) is 0 Å². The summed E-state index contributed by atoms with van der Waals surface area (Å²) in [5.41, 5.74) is 6.53. The molecule has 104 valence electrons. The molecular weight excluding hydrogens is 230 g/mol. The first kappa shape index (κ1) is 12.9. The first-order valence-electron chi connectivity index (χ1n) is 7.40. The fraction of sp³-hybridized carbons (Fsp3) is 1.00. The minimum Gasteiger partial charge on any atom is -0.375 e. The van der Waals surface area contributed by atoms with Crippen LogP contribution in [0, 0.1) is 5.92 Å². The molecule has 18 heavy (non-hydrogen) atoms. The Labute approximate surface area is 109 Å². The van der Waals surface area contributed by atoms with Crippen LogP contribution < -0.4 is 5.73 Å². The van der Waals surface area contributed by atoms with Gasteiger partial charge in [0.25, 0.3) is 0 Å². The molecule has 0 bridgehead atoms. The third-order valence-corrected chi connectivity index (χ3v) is 4.81. The molecule has 2 heterocycles. The monoisotopic (exact) mass is 255 g/mol. The third-order valence-electron chi connectivity index (χ3n) is 4.81. The van der Waals surface area contributed by atoms with Crippen LogP contribution in [0.1, 0.15) is 44.9 Å². The van der Waals surface area contributed by atoms with Crippen molar-refractivity contribution in [3.05, 3.63) is 0 Å². The molecule has 0 aromatic carbocycles. The highest BCUT2D eigenvalue weighted by atomic mass is 16.7. The van der Waals surface area contributed by atoms with Gasteiger partial charge in [0, 0.05) is 19.1 Å². The molecule has 0 radical (unpaired) electrons. The molecule has 1 spiro atoms. The van der Waals surface area contributed by atoms with Gasteiger partial charge in [0.2, 0.25) is 0 Å². The molecule has 2 N–H and O–H groups in total. The summed E-state index contributed by atoms with van der Waals surface area (Å²) in [4.78, 5) is 0. The Morgan fingerprint density at radius 1 is 1.11 bits per heavy atom. The molecule has 1 aliphatic carbocycles. The maximum absolute atomic E-state index is 6.36. The van der Waals surface area contributed by atoms with Crippen molar-refractivity contribution in [2.75, 3.05) is 19.8 Å². The standard InChI is InChI=1S/C14H25NO3/c15-12(9-13-16-7-8-17-13)11-3-6-18-14(10-11)4-1-2-5-14/h11-13H,1-10,15H2. The van der Waals surface area contributed by atoms with Gasteiger partial charge in [-0.15, -0.1) is 0 Å². The third kappa shape index (κ3) is 2.72. The van der Waals surface area contributed by atoms with Gasteiger partial charge in [-0.1, -0.05) is 12.8 Å². The molecule has 0 aromatic rings. The van der Waals surface area contributed by atoms with Gasteiger partial charge in [-0.05, 0) is 31.6 Å². The molecule has 3 fully saturated rings. The van der Waals surface area contributed by atoms with Crippen LogP contribution in [0.25, 0.3) is 0 Å². The zero-order valence-electron chi connectivity index (χ0n) is 11.1. The van der Waals surface area contributed by atoms with Gasteiger partial charge in [-0.2, -0.15) is 0 Å². The molecule has 0 aromatic heterocycles. The lowest BCUT2D eigenvalue weighted by atomic mass is 9.80. The summed E-state index contributed by atoms with van der Waals surface area (Å²) < 4.78 is 17.1. The molecule has 4 nitrogen and oxygen atoms in total. The van der Waals surface area contributed by atoms with Crippen LogP contribution in [-0.4, -0.2) is 37.8 Å². The summed E-state index contributed by atoms with van der Waals surface area (Å²) in [7, 11) is 0. The molecule has 2 aliphatic heterocycles. The Morgan fingerprint density at radius 2 is 1.83 bits per heavy atom. The van der Waals surface area contributed by atoms with E-state index in [1.54, 1.807) is 0 Å². The quantitative estimate of drug-likeness (QED) is 0.835. The first-order chi connectivity index (χ1) is 8.77. The van der Waals surface area contributed by atoms with E-state index in [9.17, 15) is 0 Å². The van der Waals surface area contributed by atoms with Crippen LogP contribution in [0.5, 0.6) is 0 Å². The lowest BCUT2D eigenvalue weighted by Gasteiger charge is -2.40. The molecule has 3 aliphatic rings. The topological polar surface area (TPSA) is 53.7 Å². The van der Waals surface area contributed by atoms with Gasteiger partial charge in [0.05, 0.1) is 18.8 Å². The normalized spacial score (nSPS) is 34.2. The molecule has 2 unspecified atom stereocenters. The summed E-state index contributed by atoms with van der Waals surface area (Å²) in [5.74, 6) is 0.574. The second-order valence-electron chi connectivity index (χ2n) is 6.06. The van der Waals surface area contributed by atoms with Crippen molar-refractivity contribution >= 4 is 0 Å². The number of hydrogen-bond acceptors (Lipinski definition) is 4. The Balaban J connectivity index is 1.54. The summed E-state index contributed by atoms with van der Waals surface area (Å²) >= 11 is 0. The van der Waals surface area contributed by atoms with Crippen molar-refractivity contribution in [2.45, 2.75) is 62.9 Å². The number of nitrogens with two attached hydrogens (primary N) is 1. The molecule has 2 atom stereocenters. The molecular formula is C14H25NO3. The van der Waals surface area contributed by atoms with Crippen molar-refractivity contribution < 1.29 is 14.2 Å². The maximum atomic E-state index is 6.36. The Bertz CT molecular complexity index is 272. The second kappa shape index (κ2) is 5.45. The first-order valence-corrected chi connectivity index (χ1v) is 7.40. The van der Waals surface area contributed by atoms with Gasteiger partial charge < -0.3 is 19.9 Å². The van der Waals surface area contributed by atoms with Crippen molar-refractivity contribution in [1.82, 2.24) is 0 Å². The van der Waals surface area contributed by atoms with Crippen molar-refractivity contribution in [3.63, 3.8) is 0 Å². The Morgan fingerprint density at radius 3 is 2.56 bits per heavy atom. The summed E-state index contributed by atoms with van der Waals surface area (Å²) in [5, 5.41) is 0. The Hall–Kier alpha value is -0.160. The van der Waals surface area contributed by atoms with Crippen LogP contribution in [-0.2, 0) is 14.2 Å². The van der Waals surface area contributed by atoms with E-state index in [0.717, 1.165) is 39.1 Å². The minimum absolute atomic E-state index is 0.0672. The van der Waals surface area contributed by atoms with Crippen LogP contribution in [0.15, 0.2) is 0 Å². The highest BCUT2D eigenvalue weighted by Gasteiger charge is 2.41. The molecule has 4 heteroatoms. The van der Waals surface area contributed by atoms with Crippen molar-refractivity contribution in [2.24, 2.45) is 11.7 Å². The fourth-order valence-corrected chi connectivity index (χ4v) is 3.76. The van der Waals surface area contributed by atoms with Gasteiger partial charge >= 0.3 is 0 Å². The van der Waals surface area contributed by atoms with Gasteiger partial charge in [-0.3, -0.25) is 0 Å². The van der Waals surface area contributed by atoms with Crippen LogP contribution in [0.2, 0.25) is 0 Å². The van der Waals surface area contributed by atoms with E-state index in [1.807, 2.05) is 0 Å². The van der Waals surface area contributed by atoms with Gasteiger partial charge in [-0.25, -0.2) is 0 Å². The zero-order chi connectivity index (χ0) is 12.4. The predicted octanol–water partition coefficient (Wildman–Crippen LogP) is 1.82. The molecule has 3 rings (SSSR count). The summed E-state index contributed by atoms with van der Waals surface area (Å²) in [6.07, 6.45) is 8.09. The van der Waals surface area contributed by atoms with E-state index in [-0.39, 0.29) is 17.9 Å². The molecule has 1 saturated carbocycles. The average Bonchev–Trinajstić information content (AvgIpc) is 3.02. The fourth-order valence-electron chi connectivity index (χ4n) is 3.76. The second-order valence-corrected chi connectivity index (χ2v) is 6.06. The minimum atomic E-state index is -0.0672. The maximum Gasteiger partial charge on any atom is 0.159 e. The van der Waals surface area contributed by atoms with Crippen molar-refractivity contribution in [3.8, 4) is 0 Å². The van der Waals surface area contributed by atoms with E-state index in [4.69, 9.17) is 19.9 Å². The number of ether oxygens (including phenoxy) is 3. The van der Waals surface area contributed by atoms with E-state index >= 15 is 0 Å². The SMILES string of the molecule is NC(CC1OCCO1)C1CCOC2(CCCC2)C1. The highest BCUT2D eigenvalue weighted by Crippen LogP contribution is 2.43. The summed E-state index contributed by atoms with van der Waals surface area (Å²) in [6.45, 7) is 2.31. The number of hydrogen-bond donors (Lipinski definition) is 1. The highest BCUT2D eigenvalue weighted by molar-refractivity contribution is 4.93. The van der Waals surface area contributed by atoms with Crippen LogP contribution >= 0.6 is 0 Å². The van der Waals surface area contributed by atoms with Crippen molar-refractivity contribution in [1.29, 1.82) is 0 Å². The summed E-state index contributed by atoms with van der Waals surface area (Å²) in [6, 6.07) is 0.189. The predicted molar refractivity (Wildman–Crippen MR) is 68.2 cm³/mol. The zero-order valence-corrected chi connectivity index (χ0v) is 11.1. The number of rotatable bonds is 3. The Kier molecular flexibility index (Phi) is 3.89. The largest absolute Gasteiger partial charge is 0.375 e. The van der Waals surface area contributed by atoms with E-state index < -0.39 is 0 Å². The van der Waals surface area contributed by atoms with Crippen LogP contribution in [0.4, 0.5) is 0 Å². The van der Waals surface area contributed by atoms with E-state index in [1.165, 1.54) is 25.7 Å².